The summed E-state index contributed by atoms with van der Waals surface area (Å²) in [6.07, 6.45) is 0.310. The summed E-state index contributed by atoms with van der Waals surface area (Å²) in [6.45, 7) is 3.74. The Hall–Kier alpha value is -0.820. The molecule has 1 rings (SSSR count). The summed E-state index contributed by atoms with van der Waals surface area (Å²) >= 11 is 11.7. The van der Waals surface area contributed by atoms with Crippen LogP contribution >= 0.6 is 23.2 Å². The van der Waals surface area contributed by atoms with Crippen LogP contribution in [0.3, 0.4) is 0 Å². The number of hydrogen-bond acceptors (Lipinski definition) is 4. The molecule has 1 N–H and O–H groups in total. The summed E-state index contributed by atoms with van der Waals surface area (Å²) < 4.78 is 31.6. The number of benzene rings is 1. The highest BCUT2D eigenvalue weighted by atomic mass is 35.5. The first-order valence-electron chi connectivity index (χ1n) is 6.23. The number of methoxy groups -OCH3 is 1. The number of carbonyl (C=O) groups is 1. The summed E-state index contributed by atoms with van der Waals surface area (Å²) in [5, 5.41) is 0.0397. The quantitative estimate of drug-likeness (QED) is 0.798. The van der Waals surface area contributed by atoms with Crippen molar-refractivity contribution in [2.45, 2.75) is 31.2 Å². The normalized spacial score (nSPS) is 13.2. The Balaban J connectivity index is 3.11. The molecule has 0 bridgehead atoms. The molecule has 8 heteroatoms. The van der Waals surface area contributed by atoms with E-state index >= 15 is 0 Å². The molecule has 0 amide bonds. The monoisotopic (exact) mass is 353 g/mol. The number of carbonyl (C=O) groups excluding carboxylic acids is 1. The van der Waals surface area contributed by atoms with Crippen LogP contribution in [0.1, 0.15) is 20.3 Å². The molecule has 118 valence electrons. The van der Waals surface area contributed by atoms with E-state index in [4.69, 9.17) is 23.2 Å². The van der Waals surface area contributed by atoms with E-state index in [1.165, 1.54) is 25.3 Å². The van der Waals surface area contributed by atoms with Gasteiger partial charge in [-0.1, -0.05) is 43.1 Å². The lowest BCUT2D eigenvalue weighted by atomic mass is 10.1. The van der Waals surface area contributed by atoms with Gasteiger partial charge >= 0.3 is 5.97 Å². The number of hydrogen-bond donors (Lipinski definition) is 1. The van der Waals surface area contributed by atoms with Crippen LogP contribution < -0.4 is 4.72 Å². The zero-order valence-corrected chi connectivity index (χ0v) is 14.2. The van der Waals surface area contributed by atoms with Gasteiger partial charge in [-0.15, -0.1) is 0 Å². The van der Waals surface area contributed by atoms with Crippen LogP contribution in [0.5, 0.6) is 0 Å². The highest BCUT2D eigenvalue weighted by Crippen LogP contribution is 2.29. The van der Waals surface area contributed by atoms with Crippen LogP contribution in [0.4, 0.5) is 0 Å². The third kappa shape index (κ3) is 4.85. The van der Waals surface area contributed by atoms with Gasteiger partial charge in [0.15, 0.2) is 0 Å². The molecule has 1 aromatic rings. The molecule has 5 nitrogen and oxygen atoms in total. The van der Waals surface area contributed by atoms with Gasteiger partial charge in [0.1, 0.15) is 10.9 Å². The Kier molecular flexibility index (Phi) is 6.46. The fourth-order valence-corrected chi connectivity index (χ4v) is 3.71. The van der Waals surface area contributed by atoms with Crippen molar-refractivity contribution >= 4 is 39.2 Å². The molecule has 0 aromatic heterocycles. The molecule has 0 aliphatic heterocycles. The fraction of sp³-hybridized carbons (Fsp3) is 0.462. The minimum atomic E-state index is -3.98. The maximum atomic E-state index is 12.4. The van der Waals surface area contributed by atoms with E-state index < -0.39 is 22.0 Å². The van der Waals surface area contributed by atoms with Gasteiger partial charge in [0, 0.05) is 0 Å². The standard InChI is InChI=1S/C13H17Cl2NO4S/c1-8(2)7-10(13(17)20-3)16-21(18,19)11-6-4-5-9(14)12(11)15/h4-6,8,10,16H,7H2,1-3H3/t10-/m1/s1. The van der Waals surface area contributed by atoms with E-state index in [1.54, 1.807) is 0 Å². The van der Waals surface area contributed by atoms with Crippen molar-refractivity contribution in [2.75, 3.05) is 7.11 Å². The summed E-state index contributed by atoms with van der Waals surface area (Å²) in [6, 6.07) is 3.29. The van der Waals surface area contributed by atoms with Crippen molar-refractivity contribution in [1.82, 2.24) is 4.72 Å². The maximum Gasteiger partial charge on any atom is 0.323 e. The number of esters is 1. The van der Waals surface area contributed by atoms with E-state index in [1.807, 2.05) is 13.8 Å². The van der Waals surface area contributed by atoms with Crippen molar-refractivity contribution in [2.24, 2.45) is 5.92 Å². The van der Waals surface area contributed by atoms with Crippen LogP contribution in [-0.4, -0.2) is 27.5 Å². The first-order valence-corrected chi connectivity index (χ1v) is 8.47. The average molecular weight is 354 g/mol. The fourth-order valence-electron chi connectivity index (χ4n) is 1.75. The Morgan fingerprint density at radius 3 is 2.48 bits per heavy atom. The molecule has 1 aromatic carbocycles. The van der Waals surface area contributed by atoms with Crippen LogP contribution in [0.25, 0.3) is 0 Å². The maximum absolute atomic E-state index is 12.4. The highest BCUT2D eigenvalue weighted by Gasteiger charge is 2.28. The minimum absolute atomic E-state index is 0.0835. The molecule has 1 atom stereocenters. The predicted molar refractivity (Wildman–Crippen MR) is 82.0 cm³/mol. The molecule has 0 heterocycles. The number of rotatable bonds is 6. The van der Waals surface area contributed by atoms with Gasteiger partial charge in [0.05, 0.1) is 17.2 Å². The predicted octanol–water partition coefficient (Wildman–Crippen LogP) is 2.86. The molecule has 0 aliphatic rings. The topological polar surface area (TPSA) is 72.5 Å². The molecule has 0 radical (unpaired) electrons. The largest absolute Gasteiger partial charge is 0.468 e. The second kappa shape index (κ2) is 7.45. The first kappa shape index (κ1) is 18.2. The lowest BCUT2D eigenvalue weighted by molar-refractivity contribution is -0.143. The number of sulfonamides is 1. The first-order chi connectivity index (χ1) is 9.69. The van der Waals surface area contributed by atoms with Crippen molar-refractivity contribution in [1.29, 1.82) is 0 Å². The van der Waals surface area contributed by atoms with Crippen molar-refractivity contribution in [3.8, 4) is 0 Å². The van der Waals surface area contributed by atoms with E-state index in [0.29, 0.717) is 6.42 Å². The minimum Gasteiger partial charge on any atom is -0.468 e. The Labute approximate surface area is 134 Å². The Bertz CT molecular complexity index is 617. The van der Waals surface area contributed by atoms with Crippen molar-refractivity contribution in [3.63, 3.8) is 0 Å². The van der Waals surface area contributed by atoms with E-state index in [0.717, 1.165) is 0 Å². The average Bonchev–Trinajstić information content (AvgIpc) is 2.39. The zero-order chi connectivity index (χ0) is 16.2. The number of ether oxygens (including phenoxy) is 1. The second-order valence-electron chi connectivity index (χ2n) is 4.88. The molecule has 0 saturated heterocycles. The summed E-state index contributed by atoms with van der Waals surface area (Å²) in [5.74, 6) is -0.544. The molecular formula is C13H17Cl2NO4S. The molecule has 0 aliphatic carbocycles. The molecule has 21 heavy (non-hydrogen) atoms. The third-order valence-electron chi connectivity index (χ3n) is 2.70. The van der Waals surface area contributed by atoms with Crippen LogP contribution in [-0.2, 0) is 19.6 Å². The summed E-state index contributed by atoms with van der Waals surface area (Å²) in [5.41, 5.74) is 0. The van der Waals surface area contributed by atoms with Crippen LogP contribution in [0, 0.1) is 5.92 Å². The molecule has 0 unspecified atom stereocenters. The van der Waals surface area contributed by atoms with Crippen molar-refractivity contribution in [3.05, 3.63) is 28.2 Å². The third-order valence-corrected chi connectivity index (χ3v) is 5.14. The van der Waals surface area contributed by atoms with Crippen LogP contribution in [0.2, 0.25) is 10.0 Å². The Morgan fingerprint density at radius 1 is 1.33 bits per heavy atom. The summed E-state index contributed by atoms with van der Waals surface area (Å²) in [4.78, 5) is 11.5. The van der Waals surface area contributed by atoms with E-state index in [-0.39, 0.29) is 20.9 Å². The lowest BCUT2D eigenvalue weighted by Gasteiger charge is -2.18. The molecule has 0 fully saturated rings. The van der Waals surface area contributed by atoms with Gasteiger partial charge in [-0.05, 0) is 24.5 Å². The highest BCUT2D eigenvalue weighted by molar-refractivity contribution is 7.89. The van der Waals surface area contributed by atoms with Crippen LogP contribution in [0.15, 0.2) is 23.1 Å². The molecule has 0 saturated carbocycles. The number of halogens is 2. The van der Waals surface area contributed by atoms with Crippen molar-refractivity contribution < 1.29 is 17.9 Å². The second-order valence-corrected chi connectivity index (χ2v) is 7.35. The SMILES string of the molecule is COC(=O)[C@@H](CC(C)C)NS(=O)(=O)c1cccc(Cl)c1Cl. The molecule has 0 spiro atoms. The van der Waals surface area contributed by atoms with Gasteiger partial charge in [-0.3, -0.25) is 4.79 Å². The summed E-state index contributed by atoms with van der Waals surface area (Å²) in [7, 11) is -2.78. The van der Waals surface area contributed by atoms with E-state index in [2.05, 4.69) is 9.46 Å². The molecular weight excluding hydrogens is 337 g/mol. The smallest absolute Gasteiger partial charge is 0.323 e. The number of nitrogens with one attached hydrogen (secondary N) is 1. The zero-order valence-electron chi connectivity index (χ0n) is 11.9. The van der Waals surface area contributed by atoms with Gasteiger partial charge in [0.2, 0.25) is 10.0 Å². The van der Waals surface area contributed by atoms with Gasteiger partial charge in [-0.2, -0.15) is 4.72 Å². The lowest BCUT2D eigenvalue weighted by Crippen LogP contribution is -2.42. The van der Waals surface area contributed by atoms with Gasteiger partial charge in [-0.25, -0.2) is 8.42 Å². The van der Waals surface area contributed by atoms with Gasteiger partial charge in [0.25, 0.3) is 0 Å². The van der Waals surface area contributed by atoms with E-state index in [9.17, 15) is 13.2 Å². The van der Waals surface area contributed by atoms with Gasteiger partial charge < -0.3 is 4.74 Å². The Morgan fingerprint density at radius 2 is 1.95 bits per heavy atom.